The van der Waals surface area contributed by atoms with Gasteiger partial charge in [0.25, 0.3) is 0 Å². The van der Waals surface area contributed by atoms with Crippen LogP contribution < -0.4 is 20.1 Å². The molecule has 142 valence electrons. The number of aryl methyl sites for hydroxylation is 1. The molecule has 0 spiro atoms. The second kappa shape index (κ2) is 7.43. The lowest BCUT2D eigenvalue weighted by Gasteiger charge is -2.12. The summed E-state index contributed by atoms with van der Waals surface area (Å²) in [6.45, 7) is 2.56. The number of rotatable bonds is 6. The molecule has 1 aliphatic rings. The van der Waals surface area contributed by atoms with Crippen LogP contribution in [0, 0.1) is 6.92 Å². The number of benzene rings is 2. The van der Waals surface area contributed by atoms with Gasteiger partial charge in [-0.1, -0.05) is 18.2 Å². The van der Waals surface area contributed by atoms with Gasteiger partial charge >= 0.3 is 5.97 Å². The third-order valence-corrected chi connectivity index (χ3v) is 4.17. The Morgan fingerprint density at radius 1 is 1.07 bits per heavy atom. The van der Waals surface area contributed by atoms with E-state index in [2.05, 4.69) is 20.6 Å². The van der Waals surface area contributed by atoms with Crippen LogP contribution in [0.25, 0.3) is 0 Å². The lowest BCUT2D eigenvalue weighted by atomic mass is 10.2. The number of para-hydroxylation sites is 1. The first kappa shape index (κ1) is 17.6. The van der Waals surface area contributed by atoms with Gasteiger partial charge in [0.05, 0.1) is 11.3 Å². The molecule has 2 heterocycles. The van der Waals surface area contributed by atoms with Crippen LogP contribution in [0.2, 0.25) is 0 Å². The third-order valence-electron chi connectivity index (χ3n) is 4.17. The molecule has 2 aromatic carbocycles. The average molecular weight is 378 g/mol. The predicted octanol–water partition coefficient (Wildman–Crippen LogP) is 3.57. The van der Waals surface area contributed by atoms with Crippen molar-refractivity contribution in [3.63, 3.8) is 0 Å². The van der Waals surface area contributed by atoms with Gasteiger partial charge in [0.1, 0.15) is 17.5 Å². The van der Waals surface area contributed by atoms with E-state index in [-0.39, 0.29) is 12.4 Å². The maximum atomic E-state index is 11.4. The predicted molar refractivity (Wildman–Crippen MR) is 103 cm³/mol. The number of carboxylic acid groups (broad SMARTS) is 1. The van der Waals surface area contributed by atoms with Crippen molar-refractivity contribution in [1.29, 1.82) is 0 Å². The number of anilines is 3. The first-order chi connectivity index (χ1) is 13.6. The number of ether oxygens (including phenoxy) is 2. The fourth-order valence-corrected chi connectivity index (χ4v) is 2.88. The number of hydrogen-bond acceptors (Lipinski definition) is 7. The van der Waals surface area contributed by atoms with E-state index in [1.807, 2.05) is 18.2 Å². The van der Waals surface area contributed by atoms with Crippen LogP contribution in [-0.2, 0) is 6.54 Å². The minimum atomic E-state index is -1.00. The van der Waals surface area contributed by atoms with Crippen molar-refractivity contribution in [3.05, 3.63) is 65.5 Å². The highest BCUT2D eigenvalue weighted by Crippen LogP contribution is 2.32. The van der Waals surface area contributed by atoms with Gasteiger partial charge in [-0.2, -0.15) is 0 Å². The van der Waals surface area contributed by atoms with E-state index in [0.717, 1.165) is 17.1 Å². The summed E-state index contributed by atoms with van der Waals surface area (Å²) in [5.41, 5.74) is 1.66. The van der Waals surface area contributed by atoms with E-state index in [0.29, 0.717) is 29.7 Å². The lowest BCUT2D eigenvalue weighted by Crippen LogP contribution is -2.07. The molecule has 0 saturated carbocycles. The molecular formula is C20H18N4O4. The zero-order valence-electron chi connectivity index (χ0n) is 15.1. The molecule has 1 aromatic heterocycles. The Labute approximate surface area is 161 Å². The Hall–Kier alpha value is -3.81. The number of carbonyl (C=O) groups is 1. The highest BCUT2D eigenvalue weighted by molar-refractivity contribution is 5.95. The molecule has 0 atom stereocenters. The average Bonchev–Trinajstić information content (AvgIpc) is 3.14. The second-order valence-corrected chi connectivity index (χ2v) is 6.20. The lowest BCUT2D eigenvalue weighted by molar-refractivity contribution is 0.0698. The third kappa shape index (κ3) is 3.80. The second-order valence-electron chi connectivity index (χ2n) is 6.20. The summed E-state index contributed by atoms with van der Waals surface area (Å²) in [6.07, 6.45) is 0. The number of hydrogen-bond donors (Lipinski definition) is 3. The Morgan fingerprint density at radius 2 is 1.86 bits per heavy atom. The van der Waals surface area contributed by atoms with E-state index in [9.17, 15) is 9.90 Å². The Kier molecular flexibility index (Phi) is 4.67. The molecule has 0 fully saturated rings. The minimum Gasteiger partial charge on any atom is -0.478 e. The Bertz CT molecular complexity index is 1040. The molecule has 8 nitrogen and oxygen atoms in total. The fourth-order valence-electron chi connectivity index (χ4n) is 2.88. The molecule has 0 unspecified atom stereocenters. The van der Waals surface area contributed by atoms with Crippen molar-refractivity contribution in [2.75, 3.05) is 17.4 Å². The topological polar surface area (TPSA) is 106 Å². The molecule has 4 rings (SSSR count). The Balaban J connectivity index is 1.50. The van der Waals surface area contributed by atoms with Gasteiger partial charge in [-0.05, 0) is 36.8 Å². The molecule has 0 radical (unpaired) electrons. The number of fused-ring (bicyclic) bond motifs is 1. The van der Waals surface area contributed by atoms with Crippen LogP contribution in [-0.4, -0.2) is 27.8 Å². The number of nitrogens with zero attached hydrogens (tertiary/aromatic N) is 2. The van der Waals surface area contributed by atoms with Gasteiger partial charge in [0.2, 0.25) is 6.79 Å². The van der Waals surface area contributed by atoms with Crippen LogP contribution >= 0.6 is 0 Å². The van der Waals surface area contributed by atoms with Gasteiger partial charge in [0.15, 0.2) is 11.5 Å². The summed E-state index contributed by atoms with van der Waals surface area (Å²) in [6, 6.07) is 14.2. The van der Waals surface area contributed by atoms with Gasteiger partial charge in [-0.3, -0.25) is 0 Å². The first-order valence-electron chi connectivity index (χ1n) is 8.66. The van der Waals surface area contributed by atoms with E-state index in [1.54, 1.807) is 31.2 Å². The maximum absolute atomic E-state index is 11.4. The summed E-state index contributed by atoms with van der Waals surface area (Å²) in [7, 11) is 0. The minimum absolute atomic E-state index is 0.175. The van der Waals surface area contributed by atoms with E-state index in [4.69, 9.17) is 9.47 Å². The van der Waals surface area contributed by atoms with Gasteiger partial charge in [0, 0.05) is 12.6 Å². The van der Waals surface area contributed by atoms with Gasteiger partial charge in [-0.25, -0.2) is 14.8 Å². The van der Waals surface area contributed by atoms with E-state index < -0.39 is 5.97 Å². The highest BCUT2D eigenvalue weighted by atomic mass is 16.7. The van der Waals surface area contributed by atoms with Crippen LogP contribution in [0.1, 0.15) is 21.7 Å². The monoisotopic (exact) mass is 378 g/mol. The maximum Gasteiger partial charge on any atom is 0.337 e. The van der Waals surface area contributed by atoms with Crippen LogP contribution in [0.5, 0.6) is 11.5 Å². The number of nitrogens with one attached hydrogen (secondary N) is 2. The molecule has 3 aromatic rings. The molecule has 3 N–H and O–H groups in total. The van der Waals surface area contributed by atoms with Crippen LogP contribution in [0.4, 0.5) is 17.3 Å². The molecule has 8 heteroatoms. The molecule has 1 aliphatic heterocycles. The number of aromatic carboxylic acids is 1. The molecule has 0 saturated heterocycles. The Morgan fingerprint density at radius 3 is 2.71 bits per heavy atom. The zero-order valence-corrected chi connectivity index (χ0v) is 15.1. The van der Waals surface area contributed by atoms with Gasteiger partial charge in [-0.15, -0.1) is 0 Å². The fraction of sp³-hybridized carbons (Fsp3) is 0.150. The van der Waals surface area contributed by atoms with Crippen molar-refractivity contribution < 1.29 is 19.4 Å². The quantitative estimate of drug-likeness (QED) is 0.598. The first-order valence-corrected chi connectivity index (χ1v) is 8.66. The van der Waals surface area contributed by atoms with Gasteiger partial charge < -0.3 is 25.2 Å². The summed E-state index contributed by atoms with van der Waals surface area (Å²) in [5.74, 6) is 2.16. The molecule has 28 heavy (non-hydrogen) atoms. The van der Waals surface area contributed by atoms with Crippen molar-refractivity contribution >= 4 is 23.3 Å². The zero-order chi connectivity index (χ0) is 19.5. The van der Waals surface area contributed by atoms with Crippen molar-refractivity contribution in [3.8, 4) is 11.5 Å². The van der Waals surface area contributed by atoms with E-state index >= 15 is 0 Å². The summed E-state index contributed by atoms with van der Waals surface area (Å²) >= 11 is 0. The summed E-state index contributed by atoms with van der Waals surface area (Å²) in [4.78, 5) is 20.1. The number of carboxylic acids is 1. The highest BCUT2D eigenvalue weighted by Gasteiger charge is 2.14. The number of aromatic nitrogens is 2. The molecular weight excluding hydrogens is 360 g/mol. The largest absolute Gasteiger partial charge is 0.478 e. The van der Waals surface area contributed by atoms with Crippen molar-refractivity contribution in [2.45, 2.75) is 13.5 Å². The standard InChI is InChI=1S/C20H18N4O4/c1-12-22-18(21-10-13-6-7-16-17(8-13)28-11-27-16)9-19(23-12)24-15-5-3-2-4-14(15)20(25)26/h2-9H,10-11H2,1H3,(H,25,26)(H2,21,22,23,24). The SMILES string of the molecule is Cc1nc(NCc2ccc3c(c2)OCO3)cc(Nc2ccccc2C(=O)O)n1. The normalized spacial score (nSPS) is 11.9. The van der Waals surface area contributed by atoms with Crippen molar-refractivity contribution in [1.82, 2.24) is 9.97 Å². The molecule has 0 bridgehead atoms. The van der Waals surface area contributed by atoms with Crippen LogP contribution in [0.3, 0.4) is 0 Å². The summed E-state index contributed by atoms with van der Waals surface area (Å²) < 4.78 is 10.7. The summed E-state index contributed by atoms with van der Waals surface area (Å²) in [5, 5.41) is 15.6. The van der Waals surface area contributed by atoms with Crippen molar-refractivity contribution in [2.24, 2.45) is 0 Å². The molecule has 0 aliphatic carbocycles. The van der Waals surface area contributed by atoms with Crippen LogP contribution in [0.15, 0.2) is 48.5 Å². The van der Waals surface area contributed by atoms with E-state index in [1.165, 1.54) is 6.07 Å². The molecule has 0 amide bonds. The smallest absolute Gasteiger partial charge is 0.337 e.